The molecule has 0 saturated carbocycles. The number of carboxylic acids is 1. The highest BCUT2D eigenvalue weighted by atomic mass is 79.9. The van der Waals surface area contributed by atoms with E-state index in [1.807, 2.05) is 25.1 Å². The maximum absolute atomic E-state index is 11.4. The van der Waals surface area contributed by atoms with E-state index in [1.165, 1.54) is 0 Å². The normalized spacial score (nSPS) is 23.1. The largest absolute Gasteiger partial charge is 0.479 e. The molecular formula is C12H13BrO3. The Balaban J connectivity index is 2.55. The van der Waals surface area contributed by atoms with Crippen molar-refractivity contribution in [1.29, 1.82) is 0 Å². The third-order valence-corrected chi connectivity index (χ3v) is 3.76. The van der Waals surface area contributed by atoms with Gasteiger partial charge in [0.05, 0.1) is 0 Å². The molecule has 0 heterocycles. The van der Waals surface area contributed by atoms with Crippen LogP contribution in [0.1, 0.15) is 24.5 Å². The number of carboxylic acid groups (broad SMARTS) is 1. The average Bonchev–Trinajstić information content (AvgIpc) is 2.61. The Bertz CT molecular complexity index is 430. The molecule has 1 aliphatic carbocycles. The zero-order valence-corrected chi connectivity index (χ0v) is 10.6. The summed E-state index contributed by atoms with van der Waals surface area (Å²) >= 11 is 3.45. The number of benzene rings is 1. The summed E-state index contributed by atoms with van der Waals surface area (Å²) in [6, 6.07) is 5.63. The van der Waals surface area contributed by atoms with E-state index in [-0.39, 0.29) is 0 Å². The quantitative estimate of drug-likeness (QED) is 0.928. The molecule has 1 atom stereocenters. The average molecular weight is 285 g/mol. The van der Waals surface area contributed by atoms with Crippen LogP contribution in [0.25, 0.3) is 0 Å². The standard InChI is InChI=1S/C12H13BrO3/c1-2-16-12(11(14)15)7-6-8-9(12)4-3-5-10(8)13/h3-5H,2,6-7H2,1H3,(H,14,15). The van der Waals surface area contributed by atoms with Crippen LogP contribution < -0.4 is 0 Å². The van der Waals surface area contributed by atoms with E-state index in [2.05, 4.69) is 15.9 Å². The maximum atomic E-state index is 11.4. The van der Waals surface area contributed by atoms with Crippen LogP contribution in [-0.4, -0.2) is 17.7 Å². The van der Waals surface area contributed by atoms with E-state index in [1.54, 1.807) is 0 Å². The SMILES string of the molecule is CCOC1(C(=O)O)CCc2c(Br)cccc21. The lowest BCUT2D eigenvalue weighted by atomic mass is 9.96. The molecule has 0 fully saturated rings. The van der Waals surface area contributed by atoms with Crippen molar-refractivity contribution < 1.29 is 14.6 Å². The fourth-order valence-electron chi connectivity index (χ4n) is 2.31. The van der Waals surface area contributed by atoms with Gasteiger partial charge in [-0.3, -0.25) is 0 Å². The second-order valence-electron chi connectivity index (χ2n) is 3.83. The van der Waals surface area contributed by atoms with Gasteiger partial charge < -0.3 is 9.84 Å². The number of hydrogen-bond donors (Lipinski definition) is 1. The van der Waals surface area contributed by atoms with Crippen molar-refractivity contribution in [1.82, 2.24) is 0 Å². The van der Waals surface area contributed by atoms with Crippen LogP contribution in [-0.2, 0) is 21.6 Å². The van der Waals surface area contributed by atoms with Gasteiger partial charge in [-0.1, -0.05) is 28.1 Å². The van der Waals surface area contributed by atoms with Crippen molar-refractivity contribution in [3.05, 3.63) is 33.8 Å². The monoisotopic (exact) mass is 284 g/mol. The van der Waals surface area contributed by atoms with Crippen LogP contribution >= 0.6 is 15.9 Å². The molecule has 16 heavy (non-hydrogen) atoms. The van der Waals surface area contributed by atoms with E-state index < -0.39 is 11.6 Å². The number of rotatable bonds is 3. The Hall–Kier alpha value is -0.870. The predicted octanol–water partition coefficient (Wildman–Crippen LogP) is 2.71. The Labute approximate surface area is 103 Å². The highest BCUT2D eigenvalue weighted by Crippen LogP contribution is 2.42. The smallest absolute Gasteiger partial charge is 0.340 e. The fourth-order valence-corrected chi connectivity index (χ4v) is 2.87. The molecule has 0 saturated heterocycles. The van der Waals surface area contributed by atoms with E-state index in [4.69, 9.17) is 4.74 Å². The summed E-state index contributed by atoms with van der Waals surface area (Å²) in [5.74, 6) is -0.897. The summed E-state index contributed by atoms with van der Waals surface area (Å²) in [5, 5.41) is 9.39. The number of halogens is 1. The number of aliphatic carboxylic acids is 1. The van der Waals surface area contributed by atoms with Gasteiger partial charge in [-0.05, 0) is 37.0 Å². The summed E-state index contributed by atoms with van der Waals surface area (Å²) in [4.78, 5) is 11.4. The first-order valence-electron chi connectivity index (χ1n) is 5.27. The van der Waals surface area contributed by atoms with Crippen molar-refractivity contribution in [2.75, 3.05) is 6.61 Å². The number of hydrogen-bond acceptors (Lipinski definition) is 2. The molecule has 0 spiro atoms. The van der Waals surface area contributed by atoms with Crippen LogP contribution in [0.5, 0.6) is 0 Å². The van der Waals surface area contributed by atoms with E-state index in [9.17, 15) is 9.90 Å². The third kappa shape index (κ3) is 1.57. The van der Waals surface area contributed by atoms with Gasteiger partial charge in [0.25, 0.3) is 0 Å². The lowest BCUT2D eigenvalue weighted by Crippen LogP contribution is -2.36. The highest BCUT2D eigenvalue weighted by Gasteiger charge is 2.47. The first-order chi connectivity index (χ1) is 7.62. The van der Waals surface area contributed by atoms with Gasteiger partial charge in [0.2, 0.25) is 0 Å². The van der Waals surface area contributed by atoms with Gasteiger partial charge >= 0.3 is 5.97 Å². The number of ether oxygens (including phenoxy) is 1. The maximum Gasteiger partial charge on any atom is 0.340 e. The summed E-state index contributed by atoms with van der Waals surface area (Å²) in [6.45, 7) is 2.22. The van der Waals surface area contributed by atoms with Crippen molar-refractivity contribution in [3.8, 4) is 0 Å². The molecule has 1 N–H and O–H groups in total. The second-order valence-corrected chi connectivity index (χ2v) is 4.69. The molecule has 1 aromatic carbocycles. The zero-order valence-electron chi connectivity index (χ0n) is 9.00. The highest BCUT2D eigenvalue weighted by molar-refractivity contribution is 9.10. The van der Waals surface area contributed by atoms with E-state index in [0.717, 1.165) is 22.0 Å². The van der Waals surface area contributed by atoms with Crippen molar-refractivity contribution in [2.24, 2.45) is 0 Å². The van der Waals surface area contributed by atoms with Gasteiger partial charge in [-0.25, -0.2) is 4.79 Å². The van der Waals surface area contributed by atoms with Crippen LogP contribution in [0, 0.1) is 0 Å². The molecule has 0 radical (unpaired) electrons. The first-order valence-corrected chi connectivity index (χ1v) is 6.06. The van der Waals surface area contributed by atoms with Crippen molar-refractivity contribution >= 4 is 21.9 Å². The van der Waals surface area contributed by atoms with E-state index >= 15 is 0 Å². The lowest BCUT2D eigenvalue weighted by Gasteiger charge is -2.25. The fraction of sp³-hybridized carbons (Fsp3) is 0.417. The third-order valence-electron chi connectivity index (χ3n) is 3.02. The molecule has 4 heteroatoms. The van der Waals surface area contributed by atoms with Crippen LogP contribution in [0.3, 0.4) is 0 Å². The topological polar surface area (TPSA) is 46.5 Å². The molecule has 0 aromatic heterocycles. The van der Waals surface area contributed by atoms with Crippen LogP contribution in [0.15, 0.2) is 22.7 Å². The summed E-state index contributed by atoms with van der Waals surface area (Å²) in [7, 11) is 0. The minimum Gasteiger partial charge on any atom is -0.479 e. The van der Waals surface area contributed by atoms with Crippen molar-refractivity contribution in [2.45, 2.75) is 25.4 Å². The predicted molar refractivity (Wildman–Crippen MR) is 63.4 cm³/mol. The molecule has 1 unspecified atom stereocenters. The molecule has 1 aromatic rings. The molecule has 0 bridgehead atoms. The second kappa shape index (κ2) is 4.18. The Kier molecular flexibility index (Phi) is 3.04. The van der Waals surface area contributed by atoms with E-state index in [0.29, 0.717) is 13.0 Å². The molecular weight excluding hydrogens is 272 g/mol. The molecule has 86 valence electrons. The van der Waals surface area contributed by atoms with Gasteiger partial charge in [-0.15, -0.1) is 0 Å². The van der Waals surface area contributed by atoms with Gasteiger partial charge in [0.15, 0.2) is 5.60 Å². The Morgan fingerprint density at radius 3 is 3.00 bits per heavy atom. The Morgan fingerprint density at radius 1 is 1.62 bits per heavy atom. The molecule has 1 aliphatic rings. The van der Waals surface area contributed by atoms with Crippen molar-refractivity contribution in [3.63, 3.8) is 0 Å². The molecule has 0 aliphatic heterocycles. The van der Waals surface area contributed by atoms with Crippen LogP contribution in [0.4, 0.5) is 0 Å². The number of fused-ring (bicyclic) bond motifs is 1. The van der Waals surface area contributed by atoms with Gasteiger partial charge in [0.1, 0.15) is 0 Å². The van der Waals surface area contributed by atoms with Gasteiger partial charge in [-0.2, -0.15) is 0 Å². The minimum absolute atomic E-state index is 0.401. The molecule has 0 amide bonds. The molecule has 3 nitrogen and oxygen atoms in total. The lowest BCUT2D eigenvalue weighted by molar-refractivity contribution is -0.167. The zero-order chi connectivity index (χ0) is 11.8. The summed E-state index contributed by atoms with van der Waals surface area (Å²) in [5.41, 5.74) is 0.697. The first kappa shape index (κ1) is 11.6. The Morgan fingerprint density at radius 2 is 2.38 bits per heavy atom. The summed E-state index contributed by atoms with van der Waals surface area (Å²) < 4.78 is 6.48. The number of carbonyl (C=O) groups is 1. The van der Waals surface area contributed by atoms with Crippen LogP contribution in [0.2, 0.25) is 0 Å². The van der Waals surface area contributed by atoms with Gasteiger partial charge in [0, 0.05) is 11.1 Å². The summed E-state index contributed by atoms with van der Waals surface area (Å²) in [6.07, 6.45) is 1.25. The minimum atomic E-state index is -1.14. The molecule has 2 rings (SSSR count).